The van der Waals surface area contributed by atoms with E-state index in [1.165, 1.54) is 21.8 Å². The van der Waals surface area contributed by atoms with Gasteiger partial charge in [-0.15, -0.1) is 11.3 Å². The van der Waals surface area contributed by atoms with Gasteiger partial charge in [-0.2, -0.15) is 0 Å². The number of thiazole rings is 1. The molecule has 8 heteroatoms. The van der Waals surface area contributed by atoms with Crippen LogP contribution < -0.4 is 16.0 Å². The van der Waals surface area contributed by atoms with Gasteiger partial charge in [0.05, 0.1) is 10.2 Å². The van der Waals surface area contributed by atoms with E-state index in [0.717, 1.165) is 33.5 Å². The standard InChI is InChI=1S/C24H24N4O2S2/c1-14-11-15(2)21(16(3)12-14)27-22(29)17-6-7-19-20(13-17)32-24(26-19)28-23(30)25-9-8-18-5-4-10-31-18/h4-7,10-13H,8-9H2,1-3H3,(H,27,29)(H2,25,26,28,30). The lowest BCUT2D eigenvalue weighted by molar-refractivity contribution is 0.102. The highest BCUT2D eigenvalue weighted by molar-refractivity contribution is 7.22. The minimum absolute atomic E-state index is 0.170. The van der Waals surface area contributed by atoms with Crippen LogP contribution in [0.15, 0.2) is 47.8 Å². The molecule has 0 radical (unpaired) electrons. The monoisotopic (exact) mass is 464 g/mol. The van der Waals surface area contributed by atoms with Crippen LogP contribution in [0.2, 0.25) is 0 Å². The number of nitrogens with zero attached hydrogens (tertiary/aromatic N) is 1. The number of urea groups is 1. The molecule has 32 heavy (non-hydrogen) atoms. The van der Waals surface area contributed by atoms with Crippen molar-refractivity contribution in [1.82, 2.24) is 10.3 Å². The van der Waals surface area contributed by atoms with E-state index in [2.05, 4.69) is 33.1 Å². The number of aromatic nitrogens is 1. The number of amides is 3. The van der Waals surface area contributed by atoms with Crippen LogP contribution in [0.5, 0.6) is 0 Å². The van der Waals surface area contributed by atoms with Gasteiger partial charge in [-0.3, -0.25) is 10.1 Å². The molecule has 0 unspecified atom stereocenters. The summed E-state index contributed by atoms with van der Waals surface area (Å²) in [5.41, 5.74) is 5.36. The van der Waals surface area contributed by atoms with Crippen molar-refractivity contribution < 1.29 is 9.59 Å². The number of carbonyl (C=O) groups is 2. The average Bonchev–Trinajstić information content (AvgIpc) is 3.39. The van der Waals surface area contributed by atoms with Gasteiger partial charge in [0, 0.05) is 22.7 Å². The fraction of sp³-hybridized carbons (Fsp3) is 0.208. The number of rotatable bonds is 6. The number of hydrogen-bond donors (Lipinski definition) is 3. The highest BCUT2D eigenvalue weighted by atomic mass is 32.1. The minimum atomic E-state index is -0.288. The van der Waals surface area contributed by atoms with E-state index in [1.807, 2.05) is 38.3 Å². The lowest BCUT2D eigenvalue weighted by atomic mass is 10.0. The lowest BCUT2D eigenvalue weighted by Gasteiger charge is -2.12. The Morgan fingerprint density at radius 2 is 1.78 bits per heavy atom. The number of thiophene rings is 1. The molecule has 0 aliphatic carbocycles. The maximum Gasteiger partial charge on any atom is 0.321 e. The van der Waals surface area contributed by atoms with E-state index < -0.39 is 0 Å². The Bertz CT molecular complexity index is 1260. The van der Waals surface area contributed by atoms with Crippen molar-refractivity contribution in [2.45, 2.75) is 27.2 Å². The zero-order valence-corrected chi connectivity index (χ0v) is 19.7. The third-order valence-corrected chi connectivity index (χ3v) is 6.89. The van der Waals surface area contributed by atoms with Crippen molar-refractivity contribution in [2.24, 2.45) is 0 Å². The maximum absolute atomic E-state index is 12.8. The molecule has 2 aromatic heterocycles. The first-order valence-corrected chi connectivity index (χ1v) is 12.0. The number of fused-ring (bicyclic) bond motifs is 1. The molecular weight excluding hydrogens is 440 g/mol. The van der Waals surface area contributed by atoms with E-state index in [1.54, 1.807) is 29.5 Å². The molecule has 2 heterocycles. The molecule has 4 aromatic rings. The first kappa shape index (κ1) is 22.0. The van der Waals surface area contributed by atoms with Gasteiger partial charge in [-0.25, -0.2) is 9.78 Å². The summed E-state index contributed by atoms with van der Waals surface area (Å²) in [6.45, 7) is 6.58. The SMILES string of the molecule is Cc1cc(C)c(NC(=O)c2ccc3nc(NC(=O)NCCc4cccs4)sc3c2)c(C)c1. The van der Waals surface area contributed by atoms with Crippen molar-refractivity contribution in [1.29, 1.82) is 0 Å². The molecule has 0 aliphatic rings. The first-order chi connectivity index (χ1) is 15.4. The number of aryl methyl sites for hydroxylation is 3. The van der Waals surface area contributed by atoms with Crippen molar-refractivity contribution in [3.8, 4) is 0 Å². The van der Waals surface area contributed by atoms with E-state index in [0.29, 0.717) is 17.2 Å². The summed E-state index contributed by atoms with van der Waals surface area (Å²) in [4.78, 5) is 30.7. The van der Waals surface area contributed by atoms with Crippen LogP contribution in [0.25, 0.3) is 10.2 Å². The van der Waals surface area contributed by atoms with Gasteiger partial charge < -0.3 is 10.6 Å². The Morgan fingerprint density at radius 3 is 2.50 bits per heavy atom. The van der Waals surface area contributed by atoms with E-state index in [-0.39, 0.29) is 11.9 Å². The van der Waals surface area contributed by atoms with E-state index in [4.69, 9.17) is 0 Å². The predicted molar refractivity (Wildman–Crippen MR) is 133 cm³/mol. The van der Waals surface area contributed by atoms with Crippen LogP contribution in [0, 0.1) is 20.8 Å². The second-order valence-corrected chi connectivity index (χ2v) is 9.70. The number of carbonyl (C=O) groups excluding carboxylic acids is 2. The summed E-state index contributed by atoms with van der Waals surface area (Å²) in [5, 5.41) is 11.2. The molecule has 0 fully saturated rings. The molecule has 0 atom stereocenters. The number of benzene rings is 2. The van der Waals surface area contributed by atoms with Gasteiger partial charge in [-0.1, -0.05) is 35.1 Å². The quantitative estimate of drug-likeness (QED) is 0.332. The molecule has 164 valence electrons. The molecule has 6 nitrogen and oxygen atoms in total. The third-order valence-electron chi connectivity index (χ3n) is 5.02. The van der Waals surface area contributed by atoms with Crippen molar-refractivity contribution in [3.05, 3.63) is 75.0 Å². The fourth-order valence-electron chi connectivity index (χ4n) is 3.58. The van der Waals surface area contributed by atoms with Crippen LogP contribution in [-0.2, 0) is 6.42 Å². The molecule has 4 rings (SSSR count). The molecule has 3 amide bonds. The third kappa shape index (κ3) is 5.15. The number of hydrogen-bond acceptors (Lipinski definition) is 5. The first-order valence-electron chi connectivity index (χ1n) is 10.3. The van der Waals surface area contributed by atoms with Crippen LogP contribution in [0.3, 0.4) is 0 Å². The summed E-state index contributed by atoms with van der Waals surface area (Å²) < 4.78 is 0.837. The topological polar surface area (TPSA) is 83.1 Å². The van der Waals surface area contributed by atoms with Gasteiger partial charge >= 0.3 is 6.03 Å². The van der Waals surface area contributed by atoms with Gasteiger partial charge in [0.15, 0.2) is 5.13 Å². The minimum Gasteiger partial charge on any atom is -0.337 e. The smallest absolute Gasteiger partial charge is 0.321 e. The Morgan fingerprint density at radius 1 is 1.00 bits per heavy atom. The van der Waals surface area contributed by atoms with Crippen molar-refractivity contribution >= 4 is 55.6 Å². The summed E-state index contributed by atoms with van der Waals surface area (Å²) in [7, 11) is 0. The lowest BCUT2D eigenvalue weighted by Crippen LogP contribution is -2.30. The second kappa shape index (κ2) is 9.50. The molecule has 0 bridgehead atoms. The van der Waals surface area contributed by atoms with Gasteiger partial charge in [0.1, 0.15) is 0 Å². The normalized spacial score (nSPS) is 10.8. The molecule has 0 aliphatic heterocycles. The Hall–Kier alpha value is -3.23. The molecule has 0 saturated carbocycles. The van der Waals surface area contributed by atoms with Gasteiger partial charge in [0.25, 0.3) is 5.91 Å². The summed E-state index contributed by atoms with van der Waals surface area (Å²) in [6.07, 6.45) is 0.795. The van der Waals surface area contributed by atoms with Crippen LogP contribution in [-0.4, -0.2) is 23.5 Å². The molecule has 2 aromatic carbocycles. The summed E-state index contributed by atoms with van der Waals surface area (Å²) in [5.74, 6) is -0.170. The van der Waals surface area contributed by atoms with Gasteiger partial charge in [-0.05, 0) is 68.0 Å². The van der Waals surface area contributed by atoms with Crippen molar-refractivity contribution in [2.75, 3.05) is 17.2 Å². The van der Waals surface area contributed by atoms with Gasteiger partial charge in [0.2, 0.25) is 0 Å². The van der Waals surface area contributed by atoms with Crippen LogP contribution in [0.4, 0.5) is 15.6 Å². The second-order valence-electron chi connectivity index (χ2n) is 7.64. The Kier molecular flexibility index (Phi) is 6.53. The number of nitrogens with one attached hydrogen (secondary N) is 3. The van der Waals surface area contributed by atoms with Crippen LogP contribution in [0.1, 0.15) is 31.9 Å². The molecular formula is C24H24N4O2S2. The predicted octanol–water partition coefficient (Wildman–Crippen LogP) is 5.90. The molecule has 0 spiro atoms. The highest BCUT2D eigenvalue weighted by Gasteiger charge is 2.13. The van der Waals surface area contributed by atoms with Crippen LogP contribution >= 0.6 is 22.7 Å². The van der Waals surface area contributed by atoms with E-state index >= 15 is 0 Å². The Labute approximate surface area is 194 Å². The highest BCUT2D eigenvalue weighted by Crippen LogP contribution is 2.28. The number of anilines is 2. The van der Waals surface area contributed by atoms with Crippen molar-refractivity contribution in [3.63, 3.8) is 0 Å². The molecule has 0 saturated heterocycles. The maximum atomic E-state index is 12.8. The Balaban J connectivity index is 1.41. The van der Waals surface area contributed by atoms with E-state index in [9.17, 15) is 9.59 Å². The summed E-state index contributed by atoms with van der Waals surface area (Å²) >= 11 is 3.01. The average molecular weight is 465 g/mol. The fourth-order valence-corrected chi connectivity index (χ4v) is 5.19. The zero-order valence-electron chi connectivity index (χ0n) is 18.1. The largest absolute Gasteiger partial charge is 0.337 e. The summed E-state index contributed by atoms with van der Waals surface area (Å²) in [6, 6.07) is 13.2. The zero-order chi connectivity index (χ0) is 22.7. The molecule has 3 N–H and O–H groups in total.